The molecule has 2 N–H and O–H groups in total. The van der Waals surface area contributed by atoms with E-state index in [0.717, 1.165) is 17.1 Å². The van der Waals surface area contributed by atoms with E-state index in [1.165, 1.54) is 6.92 Å². The van der Waals surface area contributed by atoms with Crippen LogP contribution in [0.2, 0.25) is 0 Å². The number of carbonyl (C=O) groups excluding carboxylic acids is 2. The van der Waals surface area contributed by atoms with Crippen LogP contribution in [0.3, 0.4) is 0 Å². The maximum atomic E-state index is 12.9. The number of benzene rings is 1. The van der Waals surface area contributed by atoms with Crippen LogP contribution in [0.5, 0.6) is 5.75 Å². The van der Waals surface area contributed by atoms with Gasteiger partial charge in [-0.3, -0.25) is 14.6 Å². The summed E-state index contributed by atoms with van der Waals surface area (Å²) in [7, 11) is 1.60. The molecule has 8 heteroatoms. The van der Waals surface area contributed by atoms with Gasteiger partial charge in [-0.15, -0.1) is 0 Å². The number of ether oxygens (including phenoxy) is 1. The number of pyridine rings is 1. The lowest BCUT2D eigenvalue weighted by Crippen LogP contribution is -2.27. The molecule has 0 saturated carbocycles. The molecule has 0 bridgehead atoms. The van der Waals surface area contributed by atoms with Gasteiger partial charge in [0.05, 0.1) is 24.5 Å². The molecule has 1 atom stereocenters. The summed E-state index contributed by atoms with van der Waals surface area (Å²) in [6.45, 7) is 3.27. The van der Waals surface area contributed by atoms with Crippen LogP contribution in [-0.2, 0) is 4.79 Å². The number of methoxy groups -OCH3 is 1. The quantitative estimate of drug-likeness (QED) is 0.663. The van der Waals surface area contributed by atoms with Crippen LogP contribution in [0, 0.1) is 0 Å². The van der Waals surface area contributed by atoms with Gasteiger partial charge >= 0.3 is 0 Å². The Labute approximate surface area is 166 Å². The Bertz CT molecular complexity index is 988. The van der Waals surface area contributed by atoms with Gasteiger partial charge in [0, 0.05) is 13.1 Å². The first-order chi connectivity index (χ1) is 13.5. The highest BCUT2D eigenvalue weighted by Crippen LogP contribution is 2.32. The molecule has 1 unspecified atom stereocenters. The van der Waals surface area contributed by atoms with E-state index in [1.807, 2.05) is 37.3 Å². The molecule has 28 heavy (non-hydrogen) atoms. The lowest BCUT2D eigenvalue weighted by atomic mass is 10.1. The molecule has 0 aliphatic carbocycles. The summed E-state index contributed by atoms with van der Waals surface area (Å²) >= 11 is 1.02. The Morgan fingerprint density at radius 1 is 1.18 bits per heavy atom. The molecule has 0 saturated heterocycles. The van der Waals surface area contributed by atoms with Crippen molar-refractivity contribution < 1.29 is 14.3 Å². The molecule has 0 spiro atoms. The highest BCUT2D eigenvalue weighted by molar-refractivity contribution is 7.09. The minimum Gasteiger partial charge on any atom is -0.497 e. The molecule has 7 nitrogen and oxygen atoms in total. The molecule has 0 radical (unpaired) electrons. The fourth-order valence-electron chi connectivity index (χ4n) is 2.67. The van der Waals surface area contributed by atoms with Crippen molar-refractivity contribution in [2.45, 2.75) is 19.9 Å². The zero-order valence-corrected chi connectivity index (χ0v) is 16.5. The minimum atomic E-state index is -0.321. The maximum absolute atomic E-state index is 12.9. The molecule has 3 rings (SSSR count). The van der Waals surface area contributed by atoms with Gasteiger partial charge in [0.2, 0.25) is 5.91 Å². The van der Waals surface area contributed by atoms with E-state index in [-0.39, 0.29) is 17.9 Å². The summed E-state index contributed by atoms with van der Waals surface area (Å²) in [4.78, 5) is 29.2. The molecule has 144 valence electrons. The Balaban J connectivity index is 1.88. The molecular weight excluding hydrogens is 376 g/mol. The Morgan fingerprint density at radius 2 is 2.00 bits per heavy atom. The summed E-state index contributed by atoms with van der Waals surface area (Å²) in [5.74, 6) is 0.110. The number of nitrogens with zero attached hydrogens (tertiary/aromatic N) is 2. The zero-order chi connectivity index (χ0) is 20.1. The first-order valence-corrected chi connectivity index (χ1v) is 9.40. The third kappa shape index (κ3) is 4.34. The number of hydrogen-bond donors (Lipinski definition) is 2. The highest BCUT2D eigenvalue weighted by Gasteiger charge is 2.23. The number of hydrogen-bond acceptors (Lipinski definition) is 6. The molecule has 0 fully saturated rings. The number of amides is 2. The van der Waals surface area contributed by atoms with Gasteiger partial charge in [0.1, 0.15) is 16.3 Å². The van der Waals surface area contributed by atoms with Crippen molar-refractivity contribution in [1.82, 2.24) is 14.7 Å². The number of nitrogens with one attached hydrogen (secondary N) is 2. The molecule has 2 amide bonds. The number of rotatable bonds is 6. The van der Waals surface area contributed by atoms with E-state index in [2.05, 4.69) is 20.0 Å². The second kappa shape index (κ2) is 8.62. The molecule has 0 aliphatic rings. The average Bonchev–Trinajstić information content (AvgIpc) is 3.11. The summed E-state index contributed by atoms with van der Waals surface area (Å²) in [5, 5.41) is 5.67. The SMILES string of the molecule is COc1cccc(C(C)NC(=O)c2snc(-c3ccccn3)c2NC(C)=O)c1. The van der Waals surface area contributed by atoms with Crippen molar-refractivity contribution in [2.24, 2.45) is 0 Å². The molecule has 2 aromatic heterocycles. The van der Waals surface area contributed by atoms with Gasteiger partial charge in [-0.25, -0.2) is 0 Å². The predicted molar refractivity (Wildman–Crippen MR) is 109 cm³/mol. The number of aromatic nitrogens is 2. The van der Waals surface area contributed by atoms with Crippen LogP contribution < -0.4 is 15.4 Å². The van der Waals surface area contributed by atoms with Crippen LogP contribution in [0.4, 0.5) is 5.69 Å². The second-order valence-electron chi connectivity index (χ2n) is 6.10. The number of carbonyl (C=O) groups is 2. The van der Waals surface area contributed by atoms with Gasteiger partial charge in [-0.2, -0.15) is 4.37 Å². The second-order valence-corrected chi connectivity index (χ2v) is 6.88. The van der Waals surface area contributed by atoms with Crippen molar-refractivity contribution >= 4 is 29.0 Å². The largest absolute Gasteiger partial charge is 0.497 e. The van der Waals surface area contributed by atoms with Crippen molar-refractivity contribution in [3.05, 3.63) is 59.1 Å². The van der Waals surface area contributed by atoms with E-state index < -0.39 is 0 Å². The van der Waals surface area contributed by atoms with Crippen molar-refractivity contribution in [3.63, 3.8) is 0 Å². The van der Waals surface area contributed by atoms with Gasteiger partial charge < -0.3 is 15.4 Å². The maximum Gasteiger partial charge on any atom is 0.265 e. The first kappa shape index (κ1) is 19.5. The van der Waals surface area contributed by atoms with E-state index in [4.69, 9.17) is 4.74 Å². The number of anilines is 1. The normalized spacial score (nSPS) is 11.5. The van der Waals surface area contributed by atoms with E-state index >= 15 is 0 Å². The Kier molecular flexibility index (Phi) is 6.00. The molecule has 3 aromatic rings. The fraction of sp³-hybridized carbons (Fsp3) is 0.200. The van der Waals surface area contributed by atoms with Gasteiger partial charge in [0.25, 0.3) is 5.91 Å². The summed E-state index contributed by atoms with van der Waals surface area (Å²) in [6.07, 6.45) is 1.64. The van der Waals surface area contributed by atoms with Crippen molar-refractivity contribution in [3.8, 4) is 17.1 Å². The molecule has 1 aromatic carbocycles. The molecule has 0 aliphatic heterocycles. The minimum absolute atomic E-state index is 0.256. The molecular formula is C20H20N4O3S. The lowest BCUT2D eigenvalue weighted by Gasteiger charge is -2.15. The predicted octanol–water partition coefficient (Wildman–Crippen LogP) is 3.66. The summed E-state index contributed by atoms with van der Waals surface area (Å²) < 4.78 is 9.59. The summed E-state index contributed by atoms with van der Waals surface area (Å²) in [5.41, 5.74) is 2.33. The average molecular weight is 396 g/mol. The van der Waals surface area contributed by atoms with Crippen LogP contribution in [0.15, 0.2) is 48.7 Å². The fourth-order valence-corrected chi connectivity index (χ4v) is 3.42. The van der Waals surface area contributed by atoms with Crippen LogP contribution in [0.1, 0.15) is 35.1 Å². The van der Waals surface area contributed by atoms with Crippen LogP contribution in [-0.4, -0.2) is 28.3 Å². The van der Waals surface area contributed by atoms with Crippen molar-refractivity contribution in [2.75, 3.05) is 12.4 Å². The van der Waals surface area contributed by atoms with E-state index in [1.54, 1.807) is 25.4 Å². The van der Waals surface area contributed by atoms with Gasteiger partial charge in [0.15, 0.2) is 0 Å². The van der Waals surface area contributed by atoms with Gasteiger partial charge in [-0.05, 0) is 48.3 Å². The lowest BCUT2D eigenvalue weighted by molar-refractivity contribution is -0.114. The standard InChI is InChI=1S/C20H20N4O3S/c1-12(14-7-6-8-15(11-14)27-3)22-20(26)19-18(23-13(2)25)17(24-28-19)16-9-4-5-10-21-16/h4-12H,1-3H3,(H,22,26)(H,23,25). The van der Waals surface area contributed by atoms with Gasteiger partial charge in [-0.1, -0.05) is 18.2 Å². The Hall–Kier alpha value is -3.26. The Morgan fingerprint density at radius 3 is 2.68 bits per heavy atom. The third-order valence-electron chi connectivity index (χ3n) is 4.05. The third-order valence-corrected chi connectivity index (χ3v) is 4.89. The zero-order valence-electron chi connectivity index (χ0n) is 15.7. The van der Waals surface area contributed by atoms with E-state index in [9.17, 15) is 9.59 Å². The van der Waals surface area contributed by atoms with Crippen LogP contribution in [0.25, 0.3) is 11.4 Å². The first-order valence-electron chi connectivity index (χ1n) is 8.63. The topological polar surface area (TPSA) is 93.2 Å². The summed E-state index contributed by atoms with van der Waals surface area (Å²) in [6, 6.07) is 12.6. The smallest absolute Gasteiger partial charge is 0.265 e. The van der Waals surface area contributed by atoms with Crippen molar-refractivity contribution in [1.29, 1.82) is 0 Å². The monoisotopic (exact) mass is 396 g/mol. The highest BCUT2D eigenvalue weighted by atomic mass is 32.1. The van der Waals surface area contributed by atoms with Crippen LogP contribution >= 0.6 is 11.5 Å². The van der Waals surface area contributed by atoms with E-state index in [0.29, 0.717) is 27.7 Å². The molecule has 2 heterocycles.